The summed E-state index contributed by atoms with van der Waals surface area (Å²) in [5, 5.41) is 10.3. The van der Waals surface area contributed by atoms with Crippen LogP contribution >= 0.6 is 0 Å². The van der Waals surface area contributed by atoms with E-state index in [2.05, 4.69) is 9.97 Å². The molecular weight excluding hydrogens is 236 g/mol. The van der Waals surface area contributed by atoms with E-state index in [1.807, 2.05) is 48.5 Å². The molecule has 0 aliphatic carbocycles. The first kappa shape index (κ1) is 11.8. The molecule has 0 radical (unpaired) electrons. The van der Waals surface area contributed by atoms with Crippen LogP contribution in [0.25, 0.3) is 11.0 Å². The predicted molar refractivity (Wildman–Crippen MR) is 74.6 cm³/mol. The van der Waals surface area contributed by atoms with Crippen LogP contribution in [0.5, 0.6) is 0 Å². The minimum absolute atomic E-state index is 0.520. The molecule has 0 amide bonds. The number of aliphatic hydroxyl groups excluding tert-OH is 1. The summed E-state index contributed by atoms with van der Waals surface area (Å²) in [6.07, 6.45) is 3.42. The molecule has 1 heterocycles. The summed E-state index contributed by atoms with van der Waals surface area (Å²) in [5.74, 6) is 0. The molecule has 2 aromatic carbocycles. The number of aromatic nitrogens is 2. The van der Waals surface area contributed by atoms with Crippen LogP contribution in [0.2, 0.25) is 0 Å². The molecule has 0 saturated carbocycles. The lowest BCUT2D eigenvalue weighted by Gasteiger charge is -2.11. The Bertz CT molecular complexity index is 682. The first-order chi connectivity index (χ1) is 9.33. The highest BCUT2D eigenvalue weighted by Crippen LogP contribution is 2.21. The van der Waals surface area contributed by atoms with Crippen LogP contribution in [0, 0.1) is 0 Å². The van der Waals surface area contributed by atoms with Gasteiger partial charge in [-0.05, 0) is 23.3 Å². The van der Waals surface area contributed by atoms with Crippen molar-refractivity contribution in [2.24, 2.45) is 0 Å². The van der Waals surface area contributed by atoms with E-state index >= 15 is 0 Å². The molecule has 0 aliphatic rings. The van der Waals surface area contributed by atoms with Gasteiger partial charge in [-0.1, -0.05) is 36.4 Å². The third-order valence-electron chi connectivity index (χ3n) is 3.15. The van der Waals surface area contributed by atoms with Crippen molar-refractivity contribution in [1.29, 1.82) is 0 Å². The van der Waals surface area contributed by atoms with E-state index in [9.17, 15) is 5.11 Å². The van der Waals surface area contributed by atoms with Crippen molar-refractivity contribution in [3.05, 3.63) is 72.1 Å². The third kappa shape index (κ3) is 2.61. The van der Waals surface area contributed by atoms with Crippen LogP contribution in [-0.2, 0) is 6.42 Å². The maximum Gasteiger partial charge on any atom is 0.0890 e. The number of nitrogens with zero attached hydrogens (tertiary/aromatic N) is 2. The fraction of sp³-hybridized carbons (Fsp3) is 0.125. The summed E-state index contributed by atoms with van der Waals surface area (Å²) >= 11 is 0. The first-order valence-electron chi connectivity index (χ1n) is 6.25. The van der Waals surface area contributed by atoms with Crippen molar-refractivity contribution in [3.63, 3.8) is 0 Å². The molecular formula is C16H14N2O. The molecule has 3 aromatic rings. The highest BCUT2D eigenvalue weighted by Gasteiger charge is 2.09. The van der Waals surface area contributed by atoms with E-state index < -0.39 is 6.10 Å². The second kappa shape index (κ2) is 5.16. The Morgan fingerprint density at radius 3 is 2.42 bits per heavy atom. The molecule has 0 aliphatic heterocycles. The zero-order valence-electron chi connectivity index (χ0n) is 10.4. The molecule has 0 saturated heterocycles. The molecule has 0 spiro atoms. The lowest BCUT2D eigenvalue weighted by molar-refractivity contribution is 0.178. The van der Waals surface area contributed by atoms with Gasteiger partial charge in [0.05, 0.1) is 17.1 Å². The molecule has 1 N–H and O–H groups in total. The molecule has 1 atom stereocenters. The number of fused-ring (bicyclic) bond motifs is 1. The van der Waals surface area contributed by atoms with Gasteiger partial charge >= 0.3 is 0 Å². The SMILES string of the molecule is OC(Cc1ccccc1)c1ccc2nccnc2c1. The lowest BCUT2D eigenvalue weighted by Crippen LogP contribution is -2.02. The van der Waals surface area contributed by atoms with Gasteiger partial charge in [-0.15, -0.1) is 0 Å². The number of aliphatic hydroxyl groups is 1. The highest BCUT2D eigenvalue weighted by molar-refractivity contribution is 5.74. The van der Waals surface area contributed by atoms with Crippen LogP contribution in [0.15, 0.2) is 60.9 Å². The van der Waals surface area contributed by atoms with Crippen LogP contribution in [0.1, 0.15) is 17.2 Å². The van der Waals surface area contributed by atoms with Crippen molar-refractivity contribution in [2.75, 3.05) is 0 Å². The smallest absolute Gasteiger partial charge is 0.0890 e. The molecule has 3 rings (SSSR count). The predicted octanol–water partition coefficient (Wildman–Crippen LogP) is 2.91. The van der Waals surface area contributed by atoms with Crippen molar-refractivity contribution in [1.82, 2.24) is 9.97 Å². The van der Waals surface area contributed by atoms with Gasteiger partial charge in [0.15, 0.2) is 0 Å². The van der Waals surface area contributed by atoms with Crippen molar-refractivity contribution >= 4 is 11.0 Å². The van der Waals surface area contributed by atoms with E-state index in [1.54, 1.807) is 12.4 Å². The van der Waals surface area contributed by atoms with E-state index in [1.165, 1.54) is 0 Å². The van der Waals surface area contributed by atoms with E-state index in [0.717, 1.165) is 22.2 Å². The maximum atomic E-state index is 10.3. The number of hydrogen-bond donors (Lipinski definition) is 1. The van der Waals surface area contributed by atoms with Crippen LogP contribution < -0.4 is 0 Å². The number of hydrogen-bond acceptors (Lipinski definition) is 3. The Morgan fingerprint density at radius 1 is 0.895 bits per heavy atom. The van der Waals surface area contributed by atoms with E-state index in [-0.39, 0.29) is 0 Å². The lowest BCUT2D eigenvalue weighted by atomic mass is 10.0. The summed E-state index contributed by atoms with van der Waals surface area (Å²) in [5.41, 5.74) is 3.65. The average Bonchev–Trinajstić information content (AvgIpc) is 2.48. The molecule has 3 heteroatoms. The Morgan fingerprint density at radius 2 is 1.63 bits per heavy atom. The normalized spacial score (nSPS) is 12.5. The Labute approximate surface area is 111 Å². The fourth-order valence-corrected chi connectivity index (χ4v) is 2.14. The van der Waals surface area contributed by atoms with Gasteiger partial charge < -0.3 is 5.11 Å². The molecule has 19 heavy (non-hydrogen) atoms. The van der Waals surface area contributed by atoms with Gasteiger partial charge in [-0.2, -0.15) is 0 Å². The minimum Gasteiger partial charge on any atom is -0.388 e. The van der Waals surface area contributed by atoms with Crippen molar-refractivity contribution in [2.45, 2.75) is 12.5 Å². The largest absolute Gasteiger partial charge is 0.388 e. The quantitative estimate of drug-likeness (QED) is 0.777. The Hall–Kier alpha value is -2.26. The van der Waals surface area contributed by atoms with E-state index in [4.69, 9.17) is 0 Å². The molecule has 0 fully saturated rings. The van der Waals surface area contributed by atoms with Gasteiger partial charge in [0.2, 0.25) is 0 Å². The molecule has 1 unspecified atom stereocenters. The Balaban J connectivity index is 1.87. The number of rotatable bonds is 3. The summed E-state index contributed by atoms with van der Waals surface area (Å²) in [7, 11) is 0. The maximum absolute atomic E-state index is 10.3. The summed E-state index contributed by atoms with van der Waals surface area (Å²) < 4.78 is 0. The van der Waals surface area contributed by atoms with Gasteiger partial charge in [0.1, 0.15) is 0 Å². The van der Waals surface area contributed by atoms with Crippen molar-refractivity contribution < 1.29 is 5.11 Å². The second-order valence-corrected chi connectivity index (χ2v) is 4.51. The molecule has 0 bridgehead atoms. The summed E-state index contributed by atoms with van der Waals surface area (Å²) in [6.45, 7) is 0. The fourth-order valence-electron chi connectivity index (χ4n) is 2.14. The summed E-state index contributed by atoms with van der Waals surface area (Å²) in [4.78, 5) is 8.48. The van der Waals surface area contributed by atoms with Gasteiger partial charge in [0.25, 0.3) is 0 Å². The van der Waals surface area contributed by atoms with Crippen molar-refractivity contribution in [3.8, 4) is 0 Å². The van der Waals surface area contributed by atoms with Crippen LogP contribution in [0.4, 0.5) is 0 Å². The molecule has 94 valence electrons. The van der Waals surface area contributed by atoms with Crippen LogP contribution in [-0.4, -0.2) is 15.1 Å². The van der Waals surface area contributed by atoms with Gasteiger partial charge in [0, 0.05) is 18.8 Å². The third-order valence-corrected chi connectivity index (χ3v) is 3.15. The highest BCUT2D eigenvalue weighted by atomic mass is 16.3. The minimum atomic E-state index is -0.520. The zero-order valence-corrected chi connectivity index (χ0v) is 10.4. The monoisotopic (exact) mass is 250 g/mol. The first-order valence-corrected chi connectivity index (χ1v) is 6.25. The topological polar surface area (TPSA) is 46.0 Å². The van der Waals surface area contributed by atoms with Crippen LogP contribution in [0.3, 0.4) is 0 Å². The standard InChI is InChI=1S/C16H14N2O/c19-16(10-12-4-2-1-3-5-12)13-6-7-14-15(11-13)18-9-8-17-14/h1-9,11,16,19H,10H2. The molecule has 1 aromatic heterocycles. The molecule has 3 nitrogen and oxygen atoms in total. The zero-order chi connectivity index (χ0) is 13.1. The Kier molecular flexibility index (Phi) is 3.21. The number of benzene rings is 2. The van der Waals surface area contributed by atoms with E-state index in [0.29, 0.717) is 6.42 Å². The second-order valence-electron chi connectivity index (χ2n) is 4.51. The van der Waals surface area contributed by atoms with Gasteiger partial charge in [-0.3, -0.25) is 9.97 Å². The van der Waals surface area contributed by atoms with Gasteiger partial charge in [-0.25, -0.2) is 0 Å². The summed E-state index contributed by atoms with van der Waals surface area (Å²) in [6, 6.07) is 15.7. The average molecular weight is 250 g/mol.